The monoisotopic (exact) mass is 253 g/mol. The highest BCUT2D eigenvalue weighted by atomic mass is 32.2. The molecule has 1 nitrogen and oxygen atoms in total. The average Bonchev–Trinajstić information content (AvgIpc) is 2.16. The highest BCUT2D eigenvalue weighted by Crippen LogP contribution is 2.28. The summed E-state index contributed by atoms with van der Waals surface area (Å²) in [6.07, 6.45) is 0. The molecule has 2 rings (SSSR count). The molecule has 0 saturated heterocycles. The Labute approximate surface area is 103 Å². The molecule has 2 aromatic rings. The Balaban J connectivity index is 2.57. The molecule has 0 aliphatic rings. The van der Waals surface area contributed by atoms with Gasteiger partial charge >= 0.3 is 0 Å². The normalized spacial score (nSPS) is 11.1. The summed E-state index contributed by atoms with van der Waals surface area (Å²) in [4.78, 5) is 4.59. The first-order valence-corrected chi connectivity index (χ1v) is 6.84. The molecule has 78 valence electrons. The molecule has 15 heavy (non-hydrogen) atoms. The third-order valence-corrected chi connectivity index (χ3v) is 4.30. The van der Waals surface area contributed by atoms with Crippen LogP contribution in [0, 0.1) is 3.82 Å². The van der Waals surface area contributed by atoms with Crippen molar-refractivity contribution in [2.75, 3.05) is 0 Å². The fourth-order valence-corrected chi connectivity index (χ4v) is 3.98. The molecule has 0 N–H and O–H groups in total. The maximum absolute atomic E-state index is 5.36. The van der Waals surface area contributed by atoms with Crippen LogP contribution in [0.25, 0.3) is 10.9 Å². The van der Waals surface area contributed by atoms with E-state index in [2.05, 4.69) is 18.8 Å². The van der Waals surface area contributed by atoms with Gasteiger partial charge in [0.05, 0.1) is 5.52 Å². The number of rotatable bonds is 2. The molecular formula is C11H11NS3. The van der Waals surface area contributed by atoms with Gasteiger partial charge in [0, 0.05) is 10.6 Å². The van der Waals surface area contributed by atoms with Crippen LogP contribution in [0.5, 0.6) is 0 Å². The van der Waals surface area contributed by atoms with Crippen molar-refractivity contribution < 1.29 is 0 Å². The highest BCUT2D eigenvalue weighted by Gasteiger charge is 2.04. The number of para-hydroxylation sites is 1. The molecule has 1 aromatic carbocycles. The highest BCUT2D eigenvalue weighted by molar-refractivity contribution is 8.01. The van der Waals surface area contributed by atoms with E-state index in [-0.39, 0.29) is 0 Å². The first-order valence-electron chi connectivity index (χ1n) is 4.73. The van der Waals surface area contributed by atoms with Crippen LogP contribution in [0.3, 0.4) is 0 Å². The second kappa shape index (κ2) is 4.60. The zero-order valence-electron chi connectivity index (χ0n) is 8.56. The Morgan fingerprint density at radius 1 is 1.33 bits per heavy atom. The number of thioether (sulfide) groups is 1. The molecule has 4 heteroatoms. The van der Waals surface area contributed by atoms with Gasteiger partial charge in [0.25, 0.3) is 0 Å². The molecule has 1 heterocycles. The van der Waals surface area contributed by atoms with Gasteiger partial charge in [-0.3, -0.25) is 0 Å². The van der Waals surface area contributed by atoms with Crippen molar-refractivity contribution in [1.29, 1.82) is 0 Å². The number of nitrogens with zero attached hydrogens (tertiary/aromatic N) is 1. The summed E-state index contributed by atoms with van der Waals surface area (Å²) in [5.74, 6) is 0. The minimum absolute atomic E-state index is 0.546. The predicted octanol–water partition coefficient (Wildman–Crippen LogP) is 4.53. The number of hydrogen-bond acceptors (Lipinski definition) is 4. The van der Waals surface area contributed by atoms with Gasteiger partial charge < -0.3 is 0 Å². The predicted molar refractivity (Wildman–Crippen MR) is 71.4 cm³/mol. The van der Waals surface area contributed by atoms with Gasteiger partial charge in [-0.05, 0) is 6.07 Å². The van der Waals surface area contributed by atoms with Crippen LogP contribution in [-0.4, -0.2) is 10.2 Å². The van der Waals surface area contributed by atoms with Crippen LogP contribution < -0.4 is 0 Å². The van der Waals surface area contributed by atoms with E-state index in [0.29, 0.717) is 5.25 Å². The number of benzene rings is 1. The molecule has 0 fully saturated rings. The zero-order valence-corrected chi connectivity index (χ0v) is 11.0. The molecule has 0 aliphatic carbocycles. The summed E-state index contributed by atoms with van der Waals surface area (Å²) >= 11 is 8.73. The topological polar surface area (TPSA) is 12.9 Å². The Morgan fingerprint density at radius 3 is 2.80 bits per heavy atom. The van der Waals surface area contributed by atoms with Gasteiger partial charge in [-0.2, -0.15) is 0 Å². The van der Waals surface area contributed by atoms with Crippen molar-refractivity contribution in [2.24, 2.45) is 0 Å². The zero-order chi connectivity index (χ0) is 10.8. The minimum atomic E-state index is 0.546. The maximum atomic E-state index is 5.36. The Bertz CT molecular complexity index is 531. The van der Waals surface area contributed by atoms with E-state index >= 15 is 0 Å². The Hall–Kier alpha value is -0.450. The SMILES string of the molecule is CC(C)Sc1nc2ccccc2c(=S)s1. The molecule has 0 radical (unpaired) electrons. The van der Waals surface area contributed by atoms with Crippen LogP contribution >= 0.6 is 35.3 Å². The van der Waals surface area contributed by atoms with E-state index in [4.69, 9.17) is 12.2 Å². The Kier molecular flexibility index (Phi) is 3.38. The second-order valence-corrected chi connectivity index (χ2v) is 6.94. The van der Waals surface area contributed by atoms with Crippen LogP contribution in [-0.2, 0) is 0 Å². The molecule has 0 spiro atoms. The third-order valence-electron chi connectivity index (χ3n) is 1.85. The van der Waals surface area contributed by atoms with Crippen LogP contribution in [0.1, 0.15) is 13.8 Å². The third kappa shape index (κ3) is 2.56. The lowest BCUT2D eigenvalue weighted by atomic mass is 10.3. The summed E-state index contributed by atoms with van der Waals surface area (Å²) in [5.41, 5.74) is 1.00. The lowest BCUT2D eigenvalue weighted by Crippen LogP contribution is -1.87. The summed E-state index contributed by atoms with van der Waals surface area (Å²) in [6, 6.07) is 8.05. The average molecular weight is 253 g/mol. The first kappa shape index (κ1) is 11.0. The summed E-state index contributed by atoms with van der Waals surface area (Å²) in [5, 5.41) is 1.63. The van der Waals surface area contributed by atoms with Gasteiger partial charge in [-0.25, -0.2) is 4.98 Å². The van der Waals surface area contributed by atoms with Crippen molar-refractivity contribution in [3.63, 3.8) is 0 Å². The van der Waals surface area contributed by atoms with E-state index in [1.165, 1.54) is 0 Å². The molecule has 0 amide bonds. The van der Waals surface area contributed by atoms with Gasteiger partial charge in [0.2, 0.25) is 0 Å². The molecule has 1 aromatic heterocycles. The largest absolute Gasteiger partial charge is 0.230 e. The Morgan fingerprint density at radius 2 is 2.07 bits per heavy atom. The van der Waals surface area contributed by atoms with Crippen molar-refractivity contribution in [3.8, 4) is 0 Å². The van der Waals surface area contributed by atoms with E-state index < -0.39 is 0 Å². The van der Waals surface area contributed by atoms with Gasteiger partial charge in [-0.15, -0.1) is 0 Å². The van der Waals surface area contributed by atoms with Crippen LogP contribution in [0.15, 0.2) is 28.6 Å². The number of aromatic nitrogens is 1. The lowest BCUT2D eigenvalue weighted by Gasteiger charge is -2.04. The van der Waals surface area contributed by atoms with Crippen molar-refractivity contribution in [2.45, 2.75) is 23.4 Å². The van der Waals surface area contributed by atoms with Crippen molar-refractivity contribution >= 4 is 46.2 Å². The van der Waals surface area contributed by atoms with E-state index in [1.54, 1.807) is 23.1 Å². The molecule has 0 bridgehead atoms. The minimum Gasteiger partial charge on any atom is -0.230 e. The first-order chi connectivity index (χ1) is 7.16. The second-order valence-electron chi connectivity index (χ2n) is 3.45. The summed E-state index contributed by atoms with van der Waals surface area (Å²) in [7, 11) is 0. The van der Waals surface area contributed by atoms with Gasteiger partial charge in [0.1, 0.15) is 3.82 Å². The summed E-state index contributed by atoms with van der Waals surface area (Å²) < 4.78 is 2.00. The number of fused-ring (bicyclic) bond motifs is 1. The van der Waals surface area contributed by atoms with E-state index in [0.717, 1.165) is 19.1 Å². The van der Waals surface area contributed by atoms with Gasteiger partial charge in [0.15, 0.2) is 4.34 Å². The lowest BCUT2D eigenvalue weighted by molar-refractivity contribution is 1.10. The standard InChI is InChI=1S/C11H11NS3/c1-7(2)14-11-12-9-6-4-3-5-8(9)10(13)15-11/h3-7H,1-2H3. The molecule has 0 atom stereocenters. The fourth-order valence-electron chi connectivity index (χ4n) is 1.25. The van der Waals surface area contributed by atoms with Crippen LogP contribution in [0.2, 0.25) is 0 Å². The van der Waals surface area contributed by atoms with E-state index in [9.17, 15) is 0 Å². The smallest absolute Gasteiger partial charge is 0.152 e. The quantitative estimate of drug-likeness (QED) is 0.576. The van der Waals surface area contributed by atoms with Crippen molar-refractivity contribution in [1.82, 2.24) is 4.98 Å². The van der Waals surface area contributed by atoms with Crippen LogP contribution in [0.4, 0.5) is 0 Å². The maximum Gasteiger partial charge on any atom is 0.152 e. The molecule has 0 saturated carbocycles. The van der Waals surface area contributed by atoms with Gasteiger partial charge in [-0.1, -0.05) is 67.4 Å². The molecule has 0 aliphatic heterocycles. The molecular weight excluding hydrogens is 242 g/mol. The summed E-state index contributed by atoms with van der Waals surface area (Å²) in [6.45, 7) is 4.33. The number of hydrogen-bond donors (Lipinski definition) is 0. The fraction of sp³-hybridized carbons (Fsp3) is 0.273. The molecule has 0 unspecified atom stereocenters. The van der Waals surface area contributed by atoms with Crippen molar-refractivity contribution in [3.05, 3.63) is 28.1 Å². The van der Waals surface area contributed by atoms with E-state index in [1.807, 2.05) is 24.3 Å².